The predicted octanol–water partition coefficient (Wildman–Crippen LogP) is 0.623. The number of aliphatic carboxylic acids is 1. The van der Waals surface area contributed by atoms with E-state index in [1.165, 1.54) is 6.92 Å². The summed E-state index contributed by atoms with van der Waals surface area (Å²) in [6, 6.07) is 0. The summed E-state index contributed by atoms with van der Waals surface area (Å²) in [5.74, 6) is -0.633. The number of hydrogen-bond donors (Lipinski definition) is 2. The zero-order valence-electron chi connectivity index (χ0n) is 7.46. The molecule has 1 unspecified atom stereocenters. The van der Waals surface area contributed by atoms with E-state index in [1.54, 1.807) is 0 Å². The Morgan fingerprint density at radius 3 is 2.50 bits per heavy atom. The molecule has 0 aromatic carbocycles. The van der Waals surface area contributed by atoms with Crippen molar-refractivity contribution >= 4 is 11.9 Å². The van der Waals surface area contributed by atoms with Crippen LogP contribution < -0.4 is 5.32 Å². The van der Waals surface area contributed by atoms with Gasteiger partial charge in [-0.2, -0.15) is 0 Å². The standard InChI is InChI=1S/C8H15NO3/c1-6(3-4-8(11)12)5-9-7(2)10/h6H,3-5H2,1-2H3,(H,9,10)(H,11,12). The minimum Gasteiger partial charge on any atom is -0.481 e. The molecule has 1 atom stereocenters. The minimum absolute atomic E-state index is 0.0721. The highest BCUT2D eigenvalue weighted by atomic mass is 16.4. The van der Waals surface area contributed by atoms with Crippen LogP contribution in [0.25, 0.3) is 0 Å². The van der Waals surface area contributed by atoms with E-state index in [9.17, 15) is 9.59 Å². The SMILES string of the molecule is CC(=O)NCC(C)CCC(=O)O. The van der Waals surface area contributed by atoms with Crippen LogP contribution in [0.2, 0.25) is 0 Å². The first-order chi connectivity index (χ1) is 5.52. The van der Waals surface area contributed by atoms with Gasteiger partial charge in [0.05, 0.1) is 0 Å². The van der Waals surface area contributed by atoms with E-state index in [0.29, 0.717) is 13.0 Å². The van der Waals surface area contributed by atoms with Gasteiger partial charge in [0.1, 0.15) is 0 Å². The molecule has 0 aliphatic rings. The Hall–Kier alpha value is -1.06. The topological polar surface area (TPSA) is 66.4 Å². The van der Waals surface area contributed by atoms with Crippen LogP contribution in [0.3, 0.4) is 0 Å². The van der Waals surface area contributed by atoms with Crippen molar-refractivity contribution in [3.63, 3.8) is 0 Å². The minimum atomic E-state index is -0.787. The molecule has 0 heterocycles. The maximum Gasteiger partial charge on any atom is 0.303 e. The zero-order valence-corrected chi connectivity index (χ0v) is 7.46. The molecular formula is C8H15NO3. The smallest absolute Gasteiger partial charge is 0.303 e. The van der Waals surface area contributed by atoms with Crippen LogP contribution in [0.1, 0.15) is 26.7 Å². The molecular weight excluding hydrogens is 158 g/mol. The van der Waals surface area contributed by atoms with Crippen molar-refractivity contribution in [1.29, 1.82) is 0 Å². The van der Waals surface area contributed by atoms with Gasteiger partial charge >= 0.3 is 5.97 Å². The number of amides is 1. The number of carboxylic acid groups (broad SMARTS) is 1. The van der Waals surface area contributed by atoms with Crippen molar-refractivity contribution in [2.45, 2.75) is 26.7 Å². The number of carbonyl (C=O) groups is 2. The van der Waals surface area contributed by atoms with Crippen LogP contribution in [0.4, 0.5) is 0 Å². The Balaban J connectivity index is 3.39. The van der Waals surface area contributed by atoms with Crippen LogP contribution in [0, 0.1) is 5.92 Å². The summed E-state index contributed by atoms with van der Waals surface area (Å²) < 4.78 is 0. The van der Waals surface area contributed by atoms with E-state index in [0.717, 1.165) is 0 Å². The predicted molar refractivity (Wildman–Crippen MR) is 44.7 cm³/mol. The fraction of sp³-hybridized carbons (Fsp3) is 0.750. The van der Waals surface area contributed by atoms with Crippen molar-refractivity contribution in [1.82, 2.24) is 5.32 Å². The molecule has 1 amide bonds. The van der Waals surface area contributed by atoms with Crippen LogP contribution in [-0.4, -0.2) is 23.5 Å². The van der Waals surface area contributed by atoms with Crippen LogP contribution in [0.15, 0.2) is 0 Å². The molecule has 0 aliphatic heterocycles. The second-order valence-corrected chi connectivity index (χ2v) is 2.97. The average molecular weight is 173 g/mol. The summed E-state index contributed by atoms with van der Waals surface area (Å²) in [4.78, 5) is 20.6. The molecule has 0 aromatic heterocycles. The fourth-order valence-corrected chi connectivity index (χ4v) is 0.790. The summed E-state index contributed by atoms with van der Waals surface area (Å²) in [5, 5.41) is 11.0. The molecule has 4 nitrogen and oxygen atoms in total. The highest BCUT2D eigenvalue weighted by Gasteiger charge is 2.05. The highest BCUT2D eigenvalue weighted by Crippen LogP contribution is 2.03. The second kappa shape index (κ2) is 5.57. The lowest BCUT2D eigenvalue weighted by molar-refractivity contribution is -0.137. The van der Waals surface area contributed by atoms with Crippen molar-refractivity contribution in [3.05, 3.63) is 0 Å². The maximum absolute atomic E-state index is 10.5. The van der Waals surface area contributed by atoms with Gasteiger partial charge in [-0.3, -0.25) is 9.59 Å². The van der Waals surface area contributed by atoms with Crippen molar-refractivity contribution in [3.8, 4) is 0 Å². The first kappa shape index (κ1) is 10.9. The van der Waals surface area contributed by atoms with Gasteiger partial charge in [-0.15, -0.1) is 0 Å². The molecule has 70 valence electrons. The zero-order chi connectivity index (χ0) is 9.56. The van der Waals surface area contributed by atoms with Crippen molar-refractivity contribution in [2.75, 3.05) is 6.54 Å². The molecule has 2 N–H and O–H groups in total. The fourth-order valence-electron chi connectivity index (χ4n) is 0.790. The number of nitrogens with one attached hydrogen (secondary N) is 1. The van der Waals surface area contributed by atoms with Gasteiger partial charge in [0.25, 0.3) is 0 Å². The monoisotopic (exact) mass is 173 g/mol. The lowest BCUT2D eigenvalue weighted by Gasteiger charge is -2.09. The second-order valence-electron chi connectivity index (χ2n) is 2.97. The van der Waals surface area contributed by atoms with E-state index < -0.39 is 5.97 Å². The molecule has 0 aromatic rings. The highest BCUT2D eigenvalue weighted by molar-refractivity contribution is 5.72. The Labute approximate surface area is 72.0 Å². The molecule has 0 spiro atoms. The molecule has 0 aliphatic carbocycles. The average Bonchev–Trinajstić information content (AvgIpc) is 1.96. The Morgan fingerprint density at radius 1 is 1.50 bits per heavy atom. The van der Waals surface area contributed by atoms with Gasteiger partial charge in [-0.05, 0) is 12.3 Å². The summed E-state index contributed by atoms with van der Waals surface area (Å²) in [5.41, 5.74) is 0. The van der Waals surface area contributed by atoms with E-state index in [2.05, 4.69) is 5.32 Å². The number of carboxylic acids is 1. The van der Waals surface area contributed by atoms with Gasteiger partial charge in [0, 0.05) is 19.9 Å². The summed E-state index contributed by atoms with van der Waals surface area (Å²) in [7, 11) is 0. The summed E-state index contributed by atoms with van der Waals surface area (Å²) >= 11 is 0. The molecule has 4 heteroatoms. The van der Waals surface area contributed by atoms with Crippen LogP contribution in [-0.2, 0) is 9.59 Å². The van der Waals surface area contributed by atoms with Gasteiger partial charge < -0.3 is 10.4 Å². The van der Waals surface area contributed by atoms with Crippen molar-refractivity contribution < 1.29 is 14.7 Å². The largest absolute Gasteiger partial charge is 0.481 e. The third-order valence-corrected chi connectivity index (χ3v) is 1.55. The van der Waals surface area contributed by atoms with Crippen LogP contribution >= 0.6 is 0 Å². The lowest BCUT2D eigenvalue weighted by Crippen LogP contribution is -2.25. The molecule has 0 rings (SSSR count). The molecule has 0 bridgehead atoms. The third kappa shape index (κ3) is 7.05. The number of carbonyl (C=O) groups excluding carboxylic acids is 1. The lowest BCUT2D eigenvalue weighted by atomic mass is 10.1. The summed E-state index contributed by atoms with van der Waals surface area (Å²) in [6.45, 7) is 3.92. The Bertz CT molecular complexity index is 150. The van der Waals surface area contributed by atoms with Gasteiger partial charge in [-0.25, -0.2) is 0 Å². The van der Waals surface area contributed by atoms with Crippen LogP contribution in [0.5, 0.6) is 0 Å². The molecule has 0 radical (unpaired) electrons. The maximum atomic E-state index is 10.5. The number of hydrogen-bond acceptors (Lipinski definition) is 2. The first-order valence-corrected chi connectivity index (χ1v) is 3.98. The first-order valence-electron chi connectivity index (χ1n) is 3.98. The van der Waals surface area contributed by atoms with Crippen molar-refractivity contribution in [2.24, 2.45) is 5.92 Å². The van der Waals surface area contributed by atoms with Gasteiger partial charge in [0.15, 0.2) is 0 Å². The normalized spacial score (nSPS) is 12.2. The molecule has 12 heavy (non-hydrogen) atoms. The quantitative estimate of drug-likeness (QED) is 0.640. The third-order valence-electron chi connectivity index (χ3n) is 1.55. The Kier molecular flexibility index (Phi) is 5.08. The Morgan fingerprint density at radius 2 is 2.08 bits per heavy atom. The van der Waals surface area contributed by atoms with Gasteiger partial charge in [-0.1, -0.05) is 6.92 Å². The van der Waals surface area contributed by atoms with E-state index in [-0.39, 0.29) is 18.2 Å². The molecule has 0 saturated heterocycles. The van der Waals surface area contributed by atoms with Gasteiger partial charge in [0.2, 0.25) is 5.91 Å². The molecule has 0 fully saturated rings. The summed E-state index contributed by atoms with van der Waals surface area (Å²) in [6.07, 6.45) is 0.774. The number of rotatable bonds is 5. The van der Waals surface area contributed by atoms with E-state index in [1.807, 2.05) is 6.92 Å². The van der Waals surface area contributed by atoms with E-state index >= 15 is 0 Å². The molecule has 0 saturated carbocycles. The van der Waals surface area contributed by atoms with E-state index in [4.69, 9.17) is 5.11 Å².